The lowest BCUT2D eigenvalue weighted by Gasteiger charge is -2.15. The first-order chi connectivity index (χ1) is 30.2. The Morgan fingerprint density at radius 1 is 0.279 bits per heavy atom. The highest BCUT2D eigenvalue weighted by Gasteiger charge is 2.17. The molecule has 0 amide bonds. The summed E-state index contributed by atoms with van der Waals surface area (Å²) in [5.41, 5.74) is 11.9. The van der Waals surface area contributed by atoms with Gasteiger partial charge in [-0.05, 0) is 90.0 Å². The summed E-state index contributed by atoms with van der Waals surface area (Å²) in [6.45, 7) is 0. The minimum absolute atomic E-state index is 0.690. The molecule has 3 heteroatoms. The van der Waals surface area contributed by atoms with Crippen LogP contribution in [0.3, 0.4) is 0 Å². The van der Waals surface area contributed by atoms with E-state index in [0.29, 0.717) is 5.82 Å². The van der Waals surface area contributed by atoms with Crippen LogP contribution in [0.4, 0.5) is 0 Å². The van der Waals surface area contributed by atoms with Crippen molar-refractivity contribution < 1.29 is 0 Å². The number of rotatable bonds is 6. The zero-order valence-corrected chi connectivity index (χ0v) is 33.9. The van der Waals surface area contributed by atoms with E-state index in [1.165, 1.54) is 69.2 Å². The molecule has 61 heavy (non-hydrogen) atoms. The first kappa shape index (κ1) is 35.2. The minimum Gasteiger partial charge on any atom is -0.228 e. The Balaban J connectivity index is 0.979. The van der Waals surface area contributed by atoms with Crippen molar-refractivity contribution in [2.75, 3.05) is 0 Å². The van der Waals surface area contributed by atoms with Gasteiger partial charge in [0, 0.05) is 36.9 Å². The Kier molecular flexibility index (Phi) is 8.39. The standard InChI is InChI=1S/C58H36N2S/c1-2-12-38(13-3-1)45-16-8-9-19-48(45)54-36-53(40-24-22-37(23-25-40)43-31-32-50-49-20-10-11-21-55(49)61-56(50)35-43)59-58(60-54)42-28-26-41(27-29-42)57-47-18-7-5-15-44(47)34-52-46-17-6-4-14-39(46)30-33-51(52)57/h1-36H. The van der Waals surface area contributed by atoms with Crippen LogP contribution in [0.25, 0.3) is 120 Å². The number of aromatic nitrogens is 2. The van der Waals surface area contributed by atoms with E-state index < -0.39 is 0 Å². The molecule has 0 N–H and O–H groups in total. The van der Waals surface area contributed by atoms with E-state index in [0.717, 1.165) is 44.8 Å². The van der Waals surface area contributed by atoms with E-state index in [-0.39, 0.29) is 0 Å². The lowest BCUT2D eigenvalue weighted by atomic mass is 9.89. The SMILES string of the molecule is c1ccc(-c2ccccc2-c2cc(-c3ccc(-c4ccc5c(c4)sc4ccccc45)cc3)nc(-c3ccc(-c4c5ccccc5cc5c4ccc4ccccc45)cc3)n2)cc1. The molecule has 0 radical (unpaired) electrons. The van der Waals surface area contributed by atoms with E-state index in [1.54, 1.807) is 0 Å². The fourth-order valence-corrected chi connectivity index (χ4v) is 10.2. The van der Waals surface area contributed by atoms with Gasteiger partial charge in [0.1, 0.15) is 0 Å². The summed E-state index contributed by atoms with van der Waals surface area (Å²) >= 11 is 1.85. The largest absolute Gasteiger partial charge is 0.228 e. The van der Waals surface area contributed by atoms with Gasteiger partial charge in [-0.25, -0.2) is 9.97 Å². The maximum Gasteiger partial charge on any atom is 0.160 e. The van der Waals surface area contributed by atoms with Gasteiger partial charge in [-0.15, -0.1) is 11.3 Å². The van der Waals surface area contributed by atoms with Crippen LogP contribution in [0.15, 0.2) is 218 Å². The fraction of sp³-hybridized carbons (Fsp3) is 0. The van der Waals surface area contributed by atoms with Crippen LogP contribution in [0.1, 0.15) is 0 Å². The average Bonchev–Trinajstić information content (AvgIpc) is 3.71. The molecule has 0 bridgehead atoms. The predicted molar refractivity (Wildman–Crippen MR) is 260 cm³/mol. The summed E-state index contributed by atoms with van der Waals surface area (Å²) in [5, 5.41) is 10.1. The van der Waals surface area contributed by atoms with Crippen molar-refractivity contribution in [3.8, 4) is 67.3 Å². The molecule has 0 aliphatic rings. The molecule has 2 heterocycles. The van der Waals surface area contributed by atoms with Gasteiger partial charge in [0.15, 0.2) is 5.82 Å². The number of nitrogens with zero attached hydrogens (tertiary/aromatic N) is 2. The quantitative estimate of drug-likeness (QED) is 0.124. The second-order valence-electron chi connectivity index (χ2n) is 15.7. The molecule has 0 saturated carbocycles. The molecule has 0 atom stereocenters. The summed E-state index contributed by atoms with van der Waals surface area (Å²) < 4.78 is 2.62. The van der Waals surface area contributed by atoms with E-state index in [2.05, 4.69) is 218 Å². The third-order valence-electron chi connectivity index (χ3n) is 12.1. The zero-order chi connectivity index (χ0) is 40.3. The number of hydrogen-bond donors (Lipinski definition) is 0. The second-order valence-corrected chi connectivity index (χ2v) is 16.8. The molecule has 0 saturated heterocycles. The van der Waals surface area contributed by atoms with Gasteiger partial charge in [0.05, 0.1) is 11.4 Å². The molecule has 0 aliphatic heterocycles. The fourth-order valence-electron chi connectivity index (χ4n) is 9.09. The van der Waals surface area contributed by atoms with E-state index in [4.69, 9.17) is 9.97 Å². The molecule has 284 valence electrons. The van der Waals surface area contributed by atoms with Gasteiger partial charge in [-0.2, -0.15) is 0 Å². The molecule has 0 fully saturated rings. The minimum atomic E-state index is 0.690. The second kappa shape index (κ2) is 14.5. The number of thiophene rings is 1. The highest BCUT2D eigenvalue weighted by molar-refractivity contribution is 7.25. The first-order valence-electron chi connectivity index (χ1n) is 20.7. The molecule has 10 aromatic carbocycles. The number of fused-ring (bicyclic) bond motifs is 7. The predicted octanol–water partition coefficient (Wildman–Crippen LogP) is 16.3. The van der Waals surface area contributed by atoms with Crippen LogP contribution >= 0.6 is 11.3 Å². The maximum atomic E-state index is 5.32. The van der Waals surface area contributed by atoms with Crippen molar-refractivity contribution in [3.63, 3.8) is 0 Å². The van der Waals surface area contributed by atoms with Gasteiger partial charge in [0.25, 0.3) is 0 Å². The van der Waals surface area contributed by atoms with Crippen LogP contribution < -0.4 is 0 Å². The van der Waals surface area contributed by atoms with Crippen LogP contribution in [-0.2, 0) is 0 Å². The Hall–Kier alpha value is -7.72. The van der Waals surface area contributed by atoms with Gasteiger partial charge in [-0.3, -0.25) is 0 Å². The summed E-state index contributed by atoms with van der Waals surface area (Å²) in [6.07, 6.45) is 0. The molecule has 0 aliphatic carbocycles. The monoisotopic (exact) mass is 792 g/mol. The van der Waals surface area contributed by atoms with Crippen LogP contribution in [-0.4, -0.2) is 9.97 Å². The van der Waals surface area contributed by atoms with Crippen LogP contribution in [0.5, 0.6) is 0 Å². The highest BCUT2D eigenvalue weighted by Crippen LogP contribution is 2.41. The smallest absolute Gasteiger partial charge is 0.160 e. The summed E-state index contributed by atoms with van der Waals surface area (Å²) in [7, 11) is 0. The average molecular weight is 793 g/mol. The maximum absolute atomic E-state index is 5.32. The summed E-state index contributed by atoms with van der Waals surface area (Å²) in [5.74, 6) is 0.690. The molecule has 2 nitrogen and oxygen atoms in total. The highest BCUT2D eigenvalue weighted by atomic mass is 32.1. The normalized spacial score (nSPS) is 11.6. The molecular weight excluding hydrogens is 757 g/mol. The lowest BCUT2D eigenvalue weighted by molar-refractivity contribution is 1.18. The summed E-state index contributed by atoms with van der Waals surface area (Å²) in [6, 6.07) is 78.7. The molecular formula is C58H36N2S. The zero-order valence-electron chi connectivity index (χ0n) is 33.1. The number of hydrogen-bond acceptors (Lipinski definition) is 3. The molecule has 12 aromatic rings. The van der Waals surface area contributed by atoms with E-state index >= 15 is 0 Å². The van der Waals surface area contributed by atoms with Crippen molar-refractivity contribution in [1.29, 1.82) is 0 Å². The van der Waals surface area contributed by atoms with Gasteiger partial charge < -0.3 is 0 Å². The number of benzene rings is 10. The van der Waals surface area contributed by atoms with Crippen LogP contribution in [0, 0.1) is 0 Å². The summed E-state index contributed by atoms with van der Waals surface area (Å²) in [4.78, 5) is 10.6. The van der Waals surface area contributed by atoms with Gasteiger partial charge in [0.2, 0.25) is 0 Å². The van der Waals surface area contributed by atoms with Crippen LogP contribution in [0.2, 0.25) is 0 Å². The third kappa shape index (κ3) is 6.18. The van der Waals surface area contributed by atoms with E-state index in [1.807, 2.05) is 11.3 Å². The molecule has 12 rings (SSSR count). The van der Waals surface area contributed by atoms with Gasteiger partial charge in [-0.1, -0.05) is 194 Å². The molecule has 0 spiro atoms. The van der Waals surface area contributed by atoms with E-state index in [9.17, 15) is 0 Å². The first-order valence-corrected chi connectivity index (χ1v) is 21.5. The van der Waals surface area contributed by atoms with Crippen molar-refractivity contribution in [2.45, 2.75) is 0 Å². The Morgan fingerprint density at radius 3 is 1.70 bits per heavy atom. The van der Waals surface area contributed by atoms with Crippen molar-refractivity contribution in [2.24, 2.45) is 0 Å². The lowest BCUT2D eigenvalue weighted by Crippen LogP contribution is -1.97. The topological polar surface area (TPSA) is 25.8 Å². The Labute approximate surface area is 357 Å². The molecule has 2 aromatic heterocycles. The van der Waals surface area contributed by atoms with Crippen molar-refractivity contribution >= 4 is 63.8 Å². The van der Waals surface area contributed by atoms with Crippen molar-refractivity contribution in [3.05, 3.63) is 218 Å². The van der Waals surface area contributed by atoms with Gasteiger partial charge >= 0.3 is 0 Å². The van der Waals surface area contributed by atoms with Crippen molar-refractivity contribution in [1.82, 2.24) is 9.97 Å². The molecule has 0 unspecified atom stereocenters. The Bertz CT molecular complexity index is 3620. The Morgan fingerprint density at radius 2 is 0.869 bits per heavy atom. The third-order valence-corrected chi connectivity index (χ3v) is 13.2.